The molecule has 2 aromatic rings. The topological polar surface area (TPSA) is 50.5 Å². The number of para-hydroxylation sites is 2. The summed E-state index contributed by atoms with van der Waals surface area (Å²) in [5.41, 5.74) is 1.14. The van der Waals surface area contributed by atoms with Crippen molar-refractivity contribution in [3.8, 4) is 6.07 Å². The highest BCUT2D eigenvalue weighted by Gasteiger charge is 2.42. The molecule has 0 amide bonds. The van der Waals surface area contributed by atoms with Gasteiger partial charge in [-0.15, -0.1) is 0 Å². The highest BCUT2D eigenvalue weighted by Crippen LogP contribution is 2.30. The molecule has 3 rings (SSSR count). The zero-order valence-electron chi connectivity index (χ0n) is 12.4. The van der Waals surface area contributed by atoms with Crippen molar-refractivity contribution in [1.29, 1.82) is 5.26 Å². The van der Waals surface area contributed by atoms with Gasteiger partial charge in [0, 0.05) is 24.5 Å². The van der Waals surface area contributed by atoms with E-state index in [9.17, 15) is 10.4 Å². The van der Waals surface area contributed by atoms with Crippen molar-refractivity contribution in [3.05, 3.63) is 60.7 Å². The third-order valence-electron chi connectivity index (χ3n) is 4.22. The molecule has 0 radical (unpaired) electrons. The molecule has 4 nitrogen and oxygen atoms in total. The molecule has 0 aromatic heterocycles. The van der Waals surface area contributed by atoms with Gasteiger partial charge in [-0.1, -0.05) is 36.4 Å². The van der Waals surface area contributed by atoms with Gasteiger partial charge in [0.15, 0.2) is 5.54 Å². The second-order valence-corrected chi connectivity index (χ2v) is 5.55. The van der Waals surface area contributed by atoms with Crippen LogP contribution >= 0.6 is 0 Å². The minimum Gasteiger partial charge on any atom is -0.393 e. The van der Waals surface area contributed by atoms with Crippen LogP contribution in [0.2, 0.25) is 0 Å². The van der Waals surface area contributed by atoms with Gasteiger partial charge in [-0.05, 0) is 24.3 Å². The summed E-state index contributed by atoms with van der Waals surface area (Å²) in [6, 6.07) is 22.2. The molecule has 1 N–H and O–H groups in total. The fourth-order valence-electron chi connectivity index (χ4n) is 3.02. The molecule has 1 heterocycles. The molecular weight excluding hydrogens is 274 g/mol. The number of piperazine rings is 1. The number of nitrogens with zero attached hydrogens (tertiary/aromatic N) is 3. The zero-order valence-corrected chi connectivity index (χ0v) is 12.4. The molecule has 0 unspecified atom stereocenters. The van der Waals surface area contributed by atoms with Crippen LogP contribution in [-0.2, 0) is 0 Å². The van der Waals surface area contributed by atoms with E-state index in [1.165, 1.54) is 0 Å². The lowest BCUT2D eigenvalue weighted by molar-refractivity contribution is 0.216. The number of benzene rings is 2. The lowest BCUT2D eigenvalue weighted by Crippen LogP contribution is -2.64. The van der Waals surface area contributed by atoms with Crippen molar-refractivity contribution < 1.29 is 5.11 Å². The Labute approximate surface area is 130 Å². The van der Waals surface area contributed by atoms with Gasteiger partial charge in [-0.3, -0.25) is 0 Å². The summed E-state index contributed by atoms with van der Waals surface area (Å²) >= 11 is 0. The van der Waals surface area contributed by atoms with Crippen LogP contribution in [0.25, 0.3) is 0 Å². The molecule has 0 bridgehead atoms. The maximum absolute atomic E-state index is 9.95. The molecular formula is C18H19N3O. The van der Waals surface area contributed by atoms with Crippen molar-refractivity contribution in [2.75, 3.05) is 36.0 Å². The van der Waals surface area contributed by atoms with Crippen LogP contribution in [0.4, 0.5) is 11.4 Å². The first-order chi connectivity index (χ1) is 10.8. The van der Waals surface area contributed by atoms with Gasteiger partial charge >= 0.3 is 0 Å². The van der Waals surface area contributed by atoms with E-state index in [2.05, 4.69) is 11.0 Å². The Morgan fingerprint density at radius 1 is 0.955 bits per heavy atom. The Hall–Kier alpha value is -2.51. The highest BCUT2D eigenvalue weighted by molar-refractivity contribution is 5.57. The molecule has 1 aliphatic rings. The second-order valence-electron chi connectivity index (χ2n) is 5.55. The molecule has 1 aliphatic heterocycles. The van der Waals surface area contributed by atoms with Crippen molar-refractivity contribution in [1.82, 2.24) is 0 Å². The SMILES string of the molecule is N#C[C@@]1(CO)CN(c2ccccc2)CCN1c1ccccc1. The van der Waals surface area contributed by atoms with Gasteiger partial charge in [0.2, 0.25) is 0 Å². The number of anilines is 2. The van der Waals surface area contributed by atoms with Crippen molar-refractivity contribution in [2.45, 2.75) is 5.54 Å². The normalized spacial score (nSPS) is 21.5. The smallest absolute Gasteiger partial charge is 0.168 e. The monoisotopic (exact) mass is 293 g/mol. The second kappa shape index (κ2) is 6.08. The van der Waals surface area contributed by atoms with E-state index in [1.807, 2.05) is 65.6 Å². The number of nitriles is 1. The Morgan fingerprint density at radius 3 is 2.09 bits per heavy atom. The van der Waals surface area contributed by atoms with E-state index in [4.69, 9.17) is 0 Å². The molecule has 0 saturated carbocycles. The molecule has 112 valence electrons. The van der Waals surface area contributed by atoms with Gasteiger partial charge in [-0.25, -0.2) is 0 Å². The van der Waals surface area contributed by atoms with E-state index in [0.29, 0.717) is 13.1 Å². The van der Waals surface area contributed by atoms with Crippen LogP contribution in [-0.4, -0.2) is 36.9 Å². The summed E-state index contributed by atoms with van der Waals surface area (Å²) < 4.78 is 0. The van der Waals surface area contributed by atoms with E-state index in [-0.39, 0.29) is 6.61 Å². The predicted molar refractivity (Wildman–Crippen MR) is 87.9 cm³/mol. The Balaban J connectivity index is 1.92. The van der Waals surface area contributed by atoms with E-state index in [1.54, 1.807) is 0 Å². The van der Waals surface area contributed by atoms with Crippen molar-refractivity contribution >= 4 is 11.4 Å². The van der Waals surface area contributed by atoms with Crippen LogP contribution in [0, 0.1) is 11.3 Å². The summed E-state index contributed by atoms with van der Waals surface area (Å²) in [5, 5.41) is 19.7. The molecule has 22 heavy (non-hydrogen) atoms. The number of aliphatic hydroxyl groups excluding tert-OH is 1. The molecule has 1 atom stereocenters. The first kappa shape index (κ1) is 14.4. The van der Waals surface area contributed by atoms with Gasteiger partial charge < -0.3 is 14.9 Å². The number of hydrogen-bond acceptors (Lipinski definition) is 4. The largest absolute Gasteiger partial charge is 0.393 e. The molecule has 4 heteroatoms. The Morgan fingerprint density at radius 2 is 1.55 bits per heavy atom. The van der Waals surface area contributed by atoms with Crippen LogP contribution in [0.5, 0.6) is 0 Å². The average molecular weight is 293 g/mol. The zero-order chi connectivity index (χ0) is 15.4. The van der Waals surface area contributed by atoms with E-state index >= 15 is 0 Å². The fraction of sp³-hybridized carbons (Fsp3) is 0.278. The van der Waals surface area contributed by atoms with Crippen LogP contribution in [0.3, 0.4) is 0 Å². The molecule has 0 spiro atoms. The van der Waals surface area contributed by atoms with Crippen LogP contribution in [0.15, 0.2) is 60.7 Å². The van der Waals surface area contributed by atoms with Crippen LogP contribution < -0.4 is 9.80 Å². The fourth-order valence-corrected chi connectivity index (χ4v) is 3.02. The number of hydrogen-bond donors (Lipinski definition) is 1. The van der Waals surface area contributed by atoms with Gasteiger partial charge in [-0.2, -0.15) is 5.26 Å². The predicted octanol–water partition coefficient (Wildman–Crippen LogP) is 2.27. The minimum atomic E-state index is -0.921. The first-order valence-electron chi connectivity index (χ1n) is 7.44. The summed E-state index contributed by atoms with van der Waals surface area (Å²) in [7, 11) is 0. The molecule has 1 fully saturated rings. The summed E-state index contributed by atoms with van der Waals surface area (Å²) in [6.07, 6.45) is 0. The van der Waals surface area contributed by atoms with Gasteiger partial charge in [0.05, 0.1) is 19.2 Å². The Bertz CT molecular complexity index is 653. The lowest BCUT2D eigenvalue weighted by Gasteiger charge is -2.48. The van der Waals surface area contributed by atoms with Crippen molar-refractivity contribution in [2.24, 2.45) is 0 Å². The Kier molecular flexibility index (Phi) is 3.99. The number of rotatable bonds is 3. The van der Waals surface area contributed by atoms with Gasteiger partial charge in [0.25, 0.3) is 0 Å². The van der Waals surface area contributed by atoms with Crippen LogP contribution in [0.1, 0.15) is 0 Å². The van der Waals surface area contributed by atoms with Crippen molar-refractivity contribution in [3.63, 3.8) is 0 Å². The average Bonchev–Trinajstić information content (AvgIpc) is 2.62. The number of aliphatic hydroxyl groups is 1. The third-order valence-corrected chi connectivity index (χ3v) is 4.22. The molecule has 0 aliphatic carbocycles. The van der Waals surface area contributed by atoms with E-state index in [0.717, 1.165) is 17.9 Å². The molecule has 2 aromatic carbocycles. The summed E-state index contributed by atoms with van der Waals surface area (Å²) in [4.78, 5) is 4.19. The first-order valence-corrected chi connectivity index (χ1v) is 7.44. The lowest BCUT2D eigenvalue weighted by atomic mass is 9.95. The quantitative estimate of drug-likeness (QED) is 0.943. The summed E-state index contributed by atoms with van der Waals surface area (Å²) in [6.45, 7) is 1.82. The van der Waals surface area contributed by atoms with Gasteiger partial charge in [0.1, 0.15) is 0 Å². The van der Waals surface area contributed by atoms with E-state index < -0.39 is 5.54 Å². The maximum Gasteiger partial charge on any atom is 0.168 e. The third kappa shape index (κ3) is 2.51. The molecule has 1 saturated heterocycles. The maximum atomic E-state index is 9.95. The highest BCUT2D eigenvalue weighted by atomic mass is 16.3. The summed E-state index contributed by atoms with van der Waals surface area (Å²) in [5.74, 6) is 0. The standard InChI is InChI=1S/C18H19N3O/c19-13-18(15-22)14-20(16-7-3-1-4-8-16)11-12-21(18)17-9-5-2-6-10-17/h1-10,22H,11-12,14-15H2/t18-/m0/s1. The minimum absolute atomic E-state index is 0.193.